The van der Waals surface area contributed by atoms with Crippen molar-refractivity contribution in [2.45, 2.75) is 11.7 Å². The van der Waals surface area contributed by atoms with Crippen LogP contribution in [-0.2, 0) is 11.3 Å². The highest BCUT2D eigenvalue weighted by molar-refractivity contribution is 7.99. The standard InChI is InChI=1S/C17H15N5OS/c18-15(23)11-24-17-20-19-16-21(10-12-6-2-1-3-7-12)13-8-4-5-9-14(13)22(16)17/h1-9H,10-11H2,(H2,18,23). The van der Waals surface area contributed by atoms with E-state index in [2.05, 4.69) is 33.0 Å². The van der Waals surface area contributed by atoms with Crippen LogP contribution in [0.5, 0.6) is 0 Å². The molecule has 0 aliphatic carbocycles. The van der Waals surface area contributed by atoms with E-state index in [1.54, 1.807) is 0 Å². The highest BCUT2D eigenvalue weighted by Gasteiger charge is 2.17. The fraction of sp³-hybridized carbons (Fsp3) is 0.118. The van der Waals surface area contributed by atoms with Gasteiger partial charge < -0.3 is 10.3 Å². The average molecular weight is 337 g/mol. The van der Waals surface area contributed by atoms with Crippen LogP contribution in [0.3, 0.4) is 0 Å². The van der Waals surface area contributed by atoms with Crippen molar-refractivity contribution in [3.63, 3.8) is 0 Å². The Labute approximate surface area is 142 Å². The largest absolute Gasteiger partial charge is 0.369 e. The summed E-state index contributed by atoms with van der Waals surface area (Å²) >= 11 is 1.30. The lowest BCUT2D eigenvalue weighted by molar-refractivity contribution is -0.115. The maximum Gasteiger partial charge on any atom is 0.237 e. The van der Waals surface area contributed by atoms with Gasteiger partial charge in [0, 0.05) is 0 Å². The molecule has 2 N–H and O–H groups in total. The van der Waals surface area contributed by atoms with Gasteiger partial charge in [-0.25, -0.2) is 0 Å². The molecule has 0 bridgehead atoms. The van der Waals surface area contributed by atoms with Crippen molar-refractivity contribution in [2.75, 3.05) is 5.75 Å². The fourth-order valence-corrected chi connectivity index (χ4v) is 3.47. The molecule has 2 heterocycles. The van der Waals surface area contributed by atoms with Crippen molar-refractivity contribution >= 4 is 34.5 Å². The average Bonchev–Trinajstić information content (AvgIpc) is 3.14. The van der Waals surface area contributed by atoms with Gasteiger partial charge in [-0.3, -0.25) is 9.20 Å². The molecular weight excluding hydrogens is 322 g/mol. The molecule has 0 aliphatic rings. The number of hydrogen-bond acceptors (Lipinski definition) is 4. The molecule has 6 nitrogen and oxygen atoms in total. The van der Waals surface area contributed by atoms with Gasteiger partial charge in [0.2, 0.25) is 11.7 Å². The molecule has 0 unspecified atom stereocenters. The van der Waals surface area contributed by atoms with E-state index in [1.165, 1.54) is 17.3 Å². The molecule has 120 valence electrons. The van der Waals surface area contributed by atoms with Crippen molar-refractivity contribution in [2.24, 2.45) is 5.73 Å². The highest BCUT2D eigenvalue weighted by Crippen LogP contribution is 2.26. The van der Waals surface area contributed by atoms with E-state index < -0.39 is 0 Å². The Bertz CT molecular complexity index is 1020. The zero-order valence-electron chi connectivity index (χ0n) is 12.8. The van der Waals surface area contributed by atoms with E-state index in [9.17, 15) is 4.79 Å². The lowest BCUT2D eigenvalue weighted by Crippen LogP contribution is -2.13. The second kappa shape index (κ2) is 6.01. The van der Waals surface area contributed by atoms with Gasteiger partial charge in [-0.2, -0.15) is 0 Å². The zero-order chi connectivity index (χ0) is 16.5. The second-order valence-electron chi connectivity index (χ2n) is 5.43. The molecule has 0 spiro atoms. The van der Waals surface area contributed by atoms with Crippen molar-refractivity contribution in [1.29, 1.82) is 0 Å². The SMILES string of the molecule is NC(=O)CSc1nnc2n(Cc3ccccc3)c3ccccc3n12. The lowest BCUT2D eigenvalue weighted by atomic mass is 10.2. The van der Waals surface area contributed by atoms with Crippen LogP contribution >= 0.6 is 11.8 Å². The predicted molar refractivity (Wildman–Crippen MR) is 93.9 cm³/mol. The molecule has 1 amide bonds. The molecule has 0 atom stereocenters. The van der Waals surface area contributed by atoms with Crippen molar-refractivity contribution in [3.05, 3.63) is 60.2 Å². The number of primary amides is 1. The summed E-state index contributed by atoms with van der Waals surface area (Å²) in [4.78, 5) is 11.1. The highest BCUT2D eigenvalue weighted by atomic mass is 32.2. The van der Waals surface area contributed by atoms with Crippen LogP contribution < -0.4 is 5.73 Å². The summed E-state index contributed by atoms with van der Waals surface area (Å²) in [5, 5.41) is 9.23. The van der Waals surface area contributed by atoms with Crippen molar-refractivity contribution in [3.8, 4) is 0 Å². The number of rotatable bonds is 5. The van der Waals surface area contributed by atoms with Crippen molar-refractivity contribution < 1.29 is 4.79 Å². The Morgan fingerprint density at radius 1 is 1.00 bits per heavy atom. The molecule has 0 saturated carbocycles. The van der Waals surface area contributed by atoms with E-state index in [1.807, 2.05) is 40.8 Å². The molecule has 0 aliphatic heterocycles. The number of imidazole rings is 1. The first-order valence-electron chi connectivity index (χ1n) is 7.51. The van der Waals surface area contributed by atoms with E-state index >= 15 is 0 Å². The number of nitrogens with zero attached hydrogens (tertiary/aromatic N) is 4. The Morgan fingerprint density at radius 2 is 1.71 bits per heavy atom. The molecule has 0 saturated heterocycles. The predicted octanol–water partition coefficient (Wildman–Crippen LogP) is 2.31. The molecule has 7 heteroatoms. The minimum atomic E-state index is -0.371. The van der Waals surface area contributed by atoms with Crippen LogP contribution in [-0.4, -0.2) is 30.8 Å². The first-order chi connectivity index (χ1) is 11.7. The van der Waals surface area contributed by atoms with Gasteiger partial charge in [0.05, 0.1) is 23.3 Å². The molecule has 4 rings (SSSR count). The fourth-order valence-electron chi connectivity index (χ4n) is 2.79. The van der Waals surface area contributed by atoms with E-state index in [4.69, 9.17) is 5.73 Å². The molecule has 24 heavy (non-hydrogen) atoms. The number of amides is 1. The maximum atomic E-state index is 11.1. The normalized spacial score (nSPS) is 11.3. The van der Waals surface area contributed by atoms with Gasteiger partial charge in [0.25, 0.3) is 0 Å². The minimum Gasteiger partial charge on any atom is -0.369 e. The summed E-state index contributed by atoms with van der Waals surface area (Å²) in [6.07, 6.45) is 0. The molecule has 2 aromatic carbocycles. The third-order valence-corrected chi connectivity index (χ3v) is 4.75. The number of thioether (sulfide) groups is 1. The third-order valence-electron chi connectivity index (χ3n) is 3.80. The van der Waals surface area contributed by atoms with Gasteiger partial charge in [-0.05, 0) is 17.7 Å². The van der Waals surface area contributed by atoms with Crippen LogP contribution in [0, 0.1) is 0 Å². The van der Waals surface area contributed by atoms with E-state index in [0.717, 1.165) is 16.8 Å². The van der Waals surface area contributed by atoms with Crippen molar-refractivity contribution in [1.82, 2.24) is 19.2 Å². The zero-order valence-corrected chi connectivity index (χ0v) is 13.6. The number of fused-ring (bicyclic) bond motifs is 3. The van der Waals surface area contributed by atoms with E-state index in [0.29, 0.717) is 11.7 Å². The third kappa shape index (κ3) is 2.52. The summed E-state index contributed by atoms with van der Waals surface area (Å²) < 4.78 is 4.11. The number of carbonyl (C=O) groups excluding carboxylic acids is 1. The number of para-hydroxylation sites is 2. The topological polar surface area (TPSA) is 78.2 Å². The molecule has 4 aromatic rings. The first-order valence-corrected chi connectivity index (χ1v) is 8.50. The number of benzene rings is 2. The summed E-state index contributed by atoms with van der Waals surface area (Å²) in [6, 6.07) is 18.3. The van der Waals surface area contributed by atoms with Gasteiger partial charge in [-0.15, -0.1) is 10.2 Å². The number of nitrogens with two attached hydrogens (primary N) is 1. The van der Waals surface area contributed by atoms with Crippen LogP contribution in [0.4, 0.5) is 0 Å². The summed E-state index contributed by atoms with van der Waals surface area (Å²) in [5.41, 5.74) is 8.53. The Hall–Kier alpha value is -2.80. The Morgan fingerprint density at radius 3 is 2.46 bits per heavy atom. The van der Waals surface area contributed by atoms with Gasteiger partial charge in [0.1, 0.15) is 0 Å². The van der Waals surface area contributed by atoms with Gasteiger partial charge >= 0.3 is 0 Å². The lowest BCUT2D eigenvalue weighted by Gasteiger charge is -2.04. The molecule has 0 fully saturated rings. The quantitative estimate of drug-likeness (QED) is 0.567. The van der Waals surface area contributed by atoms with Crippen LogP contribution in [0.2, 0.25) is 0 Å². The van der Waals surface area contributed by atoms with Gasteiger partial charge in [-0.1, -0.05) is 54.2 Å². The minimum absolute atomic E-state index is 0.180. The number of carbonyl (C=O) groups is 1. The maximum absolute atomic E-state index is 11.1. The summed E-state index contributed by atoms with van der Waals surface area (Å²) in [5.74, 6) is 0.565. The second-order valence-corrected chi connectivity index (χ2v) is 6.38. The monoisotopic (exact) mass is 337 g/mol. The van der Waals surface area contributed by atoms with Crippen LogP contribution in [0.1, 0.15) is 5.56 Å². The Kier molecular flexibility index (Phi) is 3.70. The smallest absolute Gasteiger partial charge is 0.237 e. The van der Waals surface area contributed by atoms with Crippen LogP contribution in [0.25, 0.3) is 16.8 Å². The molecular formula is C17H15N5OS. The van der Waals surface area contributed by atoms with Crippen LogP contribution in [0.15, 0.2) is 59.8 Å². The molecule has 0 radical (unpaired) electrons. The number of hydrogen-bond donors (Lipinski definition) is 1. The van der Waals surface area contributed by atoms with E-state index in [-0.39, 0.29) is 11.7 Å². The van der Waals surface area contributed by atoms with Gasteiger partial charge in [0.15, 0.2) is 5.16 Å². The summed E-state index contributed by atoms with van der Waals surface area (Å²) in [7, 11) is 0. The first kappa shape index (κ1) is 14.8. The number of aromatic nitrogens is 4. The Balaban J connectivity index is 1.87. The summed E-state index contributed by atoms with van der Waals surface area (Å²) in [6.45, 7) is 0.705. The molecule has 2 aromatic heterocycles.